The van der Waals surface area contributed by atoms with Gasteiger partial charge in [0.15, 0.2) is 6.61 Å². The number of hydrogen-bond acceptors (Lipinski definition) is 1. The van der Waals surface area contributed by atoms with Crippen LogP contribution in [0.5, 0.6) is 0 Å². The van der Waals surface area contributed by atoms with Crippen LogP contribution in [0.25, 0.3) is 0 Å². The van der Waals surface area contributed by atoms with Crippen LogP contribution in [-0.2, 0) is 4.74 Å². The van der Waals surface area contributed by atoms with E-state index in [9.17, 15) is 0 Å². The maximum Gasteiger partial charge on any atom is 0.160 e. The lowest BCUT2D eigenvalue weighted by molar-refractivity contribution is 0.329. The molecule has 1 nitrogen and oxygen atoms in total. The van der Waals surface area contributed by atoms with Crippen molar-refractivity contribution in [2.75, 3.05) is 6.61 Å². The van der Waals surface area contributed by atoms with Crippen LogP contribution in [0.15, 0.2) is 0 Å². The van der Waals surface area contributed by atoms with E-state index < -0.39 is 0 Å². The van der Waals surface area contributed by atoms with Crippen LogP contribution in [0.2, 0.25) is 0 Å². The molecule has 0 heterocycles. The van der Waals surface area contributed by atoms with Gasteiger partial charge in [0, 0.05) is 0 Å². The molecule has 0 aliphatic heterocycles. The second-order valence-electron chi connectivity index (χ2n) is 0.611. The molecule has 0 rings (SSSR count). The topological polar surface area (TPSA) is 9.23 Å². The van der Waals surface area contributed by atoms with Crippen molar-refractivity contribution in [2.24, 2.45) is 0 Å². The second-order valence-corrected chi connectivity index (χ2v) is 0.611. The molecule has 0 radical (unpaired) electrons. The molecule has 0 aliphatic rings. The lowest BCUT2D eigenvalue weighted by atomic mass is 10.8. The van der Waals surface area contributed by atoms with E-state index in [4.69, 9.17) is 6.42 Å². The molecule has 0 fully saturated rings. The molecule has 1 heteroatoms. The summed E-state index contributed by atoms with van der Waals surface area (Å²) in [5.74, 6) is 2.20. The summed E-state index contributed by atoms with van der Waals surface area (Å²) in [7, 11) is 0. The predicted molar refractivity (Wildman–Crippen MR) is 23.6 cm³/mol. The standard InChI is InChI=1S/C5H4O/c1-3-5-6-4-2/h1-2H,5H2. The zero-order valence-corrected chi connectivity index (χ0v) is 3.27. The molecule has 0 aromatic heterocycles. The van der Waals surface area contributed by atoms with Crippen molar-refractivity contribution >= 4 is 0 Å². The zero-order valence-electron chi connectivity index (χ0n) is 3.27. The quantitative estimate of drug-likeness (QED) is 0.323. The number of rotatable bonds is 1. The molecule has 0 aromatic carbocycles. The van der Waals surface area contributed by atoms with Gasteiger partial charge in [-0.15, -0.1) is 6.42 Å². The van der Waals surface area contributed by atoms with Crippen molar-refractivity contribution in [1.29, 1.82) is 0 Å². The highest BCUT2D eigenvalue weighted by Crippen LogP contribution is 1.59. The van der Waals surface area contributed by atoms with Crippen molar-refractivity contribution < 1.29 is 4.74 Å². The minimum absolute atomic E-state index is 0.205. The first-order valence-corrected chi connectivity index (χ1v) is 1.42. The van der Waals surface area contributed by atoms with E-state index in [1.165, 1.54) is 0 Å². The summed E-state index contributed by atoms with van der Waals surface area (Å²) in [5, 5.41) is 0. The molecule has 0 aliphatic carbocycles. The van der Waals surface area contributed by atoms with E-state index >= 15 is 0 Å². The Morgan fingerprint density at radius 3 is 2.33 bits per heavy atom. The Hall–Kier alpha value is -1.08. The predicted octanol–water partition coefficient (Wildman–Crippen LogP) is 0.227. The highest BCUT2D eigenvalue weighted by molar-refractivity contribution is 4.85. The molecule has 0 spiro atoms. The van der Waals surface area contributed by atoms with Crippen LogP contribution in [0.1, 0.15) is 0 Å². The molecule has 30 valence electrons. The number of terminal acetylenes is 2. The van der Waals surface area contributed by atoms with Crippen molar-refractivity contribution in [2.45, 2.75) is 0 Å². The minimum atomic E-state index is 0.205. The highest BCUT2D eigenvalue weighted by atomic mass is 16.5. The largest absolute Gasteiger partial charge is 0.434 e. The molecular weight excluding hydrogens is 76.1 g/mol. The van der Waals surface area contributed by atoms with E-state index in [0.717, 1.165) is 0 Å². The molecule has 0 bridgehead atoms. The summed E-state index contributed by atoms with van der Waals surface area (Å²) < 4.78 is 4.27. The van der Waals surface area contributed by atoms with Crippen LogP contribution in [0, 0.1) is 24.9 Å². The van der Waals surface area contributed by atoms with Crippen molar-refractivity contribution in [3.05, 3.63) is 0 Å². The Morgan fingerprint density at radius 2 is 2.17 bits per heavy atom. The molecule has 0 unspecified atom stereocenters. The van der Waals surface area contributed by atoms with Gasteiger partial charge in [-0.25, -0.2) is 0 Å². The molecule has 0 amide bonds. The Kier molecular flexibility index (Phi) is 3.21. The van der Waals surface area contributed by atoms with Gasteiger partial charge >= 0.3 is 0 Å². The Labute approximate surface area is 37.3 Å². The molecule has 0 N–H and O–H groups in total. The van der Waals surface area contributed by atoms with E-state index in [-0.39, 0.29) is 6.61 Å². The first-order valence-electron chi connectivity index (χ1n) is 1.42. The smallest absolute Gasteiger partial charge is 0.160 e. The minimum Gasteiger partial charge on any atom is -0.434 e. The van der Waals surface area contributed by atoms with Crippen molar-refractivity contribution in [3.8, 4) is 24.9 Å². The van der Waals surface area contributed by atoms with Gasteiger partial charge in [-0.1, -0.05) is 12.3 Å². The maximum atomic E-state index is 4.74. The van der Waals surface area contributed by atoms with Gasteiger partial charge in [0.05, 0.1) is 0 Å². The fraction of sp³-hybridized carbons (Fsp3) is 0.200. The van der Waals surface area contributed by atoms with Gasteiger partial charge in [-0.05, 0) is 0 Å². The fourth-order valence-corrected chi connectivity index (χ4v) is 0.0833. The Balaban J connectivity index is 2.78. The fourth-order valence-electron chi connectivity index (χ4n) is 0.0833. The third-order valence-electron chi connectivity index (χ3n) is 0.239. The van der Waals surface area contributed by atoms with Gasteiger partial charge in [-0.2, -0.15) is 0 Å². The summed E-state index contributed by atoms with van der Waals surface area (Å²) in [4.78, 5) is 0. The van der Waals surface area contributed by atoms with Crippen LogP contribution >= 0.6 is 0 Å². The third kappa shape index (κ3) is 2.92. The van der Waals surface area contributed by atoms with Crippen LogP contribution < -0.4 is 0 Å². The molecule has 0 aromatic rings. The lowest BCUT2D eigenvalue weighted by Gasteiger charge is -1.79. The third-order valence-corrected chi connectivity index (χ3v) is 0.239. The summed E-state index contributed by atoms with van der Waals surface area (Å²) in [5.41, 5.74) is 0. The van der Waals surface area contributed by atoms with Crippen molar-refractivity contribution in [3.63, 3.8) is 0 Å². The van der Waals surface area contributed by atoms with E-state index in [1.807, 2.05) is 6.11 Å². The van der Waals surface area contributed by atoms with Gasteiger partial charge in [0.25, 0.3) is 0 Å². The second kappa shape index (κ2) is 3.92. The Morgan fingerprint density at radius 1 is 1.50 bits per heavy atom. The lowest BCUT2D eigenvalue weighted by Crippen LogP contribution is -1.77. The molecular formula is C5H4O. The van der Waals surface area contributed by atoms with Crippen LogP contribution in [0.3, 0.4) is 0 Å². The van der Waals surface area contributed by atoms with E-state index in [2.05, 4.69) is 17.1 Å². The van der Waals surface area contributed by atoms with Crippen molar-refractivity contribution in [1.82, 2.24) is 0 Å². The van der Waals surface area contributed by atoms with Crippen LogP contribution in [-0.4, -0.2) is 6.61 Å². The maximum absolute atomic E-state index is 4.74. The summed E-state index contributed by atoms with van der Waals surface area (Å²) in [6, 6.07) is 0. The number of hydrogen-bond donors (Lipinski definition) is 0. The summed E-state index contributed by atoms with van der Waals surface area (Å²) in [6.45, 7) is 0.205. The molecule has 0 saturated heterocycles. The first kappa shape index (κ1) is 4.92. The normalized spacial score (nSPS) is 5.00. The zero-order chi connectivity index (χ0) is 4.83. The first-order chi connectivity index (χ1) is 2.91. The molecule has 0 saturated carbocycles. The SMILES string of the molecule is C#CCOC#C. The van der Waals surface area contributed by atoms with Gasteiger partial charge in [-0.3, -0.25) is 0 Å². The molecule has 0 atom stereocenters. The average molecular weight is 80.1 g/mol. The van der Waals surface area contributed by atoms with Gasteiger partial charge in [0.2, 0.25) is 0 Å². The van der Waals surface area contributed by atoms with Gasteiger partial charge < -0.3 is 4.74 Å². The summed E-state index contributed by atoms with van der Waals surface area (Å²) in [6.07, 6.45) is 11.3. The monoisotopic (exact) mass is 80.0 g/mol. The van der Waals surface area contributed by atoms with E-state index in [1.54, 1.807) is 0 Å². The van der Waals surface area contributed by atoms with Gasteiger partial charge in [0.1, 0.15) is 6.11 Å². The number of ether oxygens (including phenoxy) is 1. The Bertz CT molecular complexity index is 77.5. The van der Waals surface area contributed by atoms with E-state index in [0.29, 0.717) is 0 Å². The summed E-state index contributed by atoms with van der Waals surface area (Å²) >= 11 is 0. The molecule has 6 heavy (non-hydrogen) atoms. The van der Waals surface area contributed by atoms with Crippen LogP contribution in [0.4, 0.5) is 0 Å². The highest BCUT2D eigenvalue weighted by Gasteiger charge is 1.62. The average Bonchev–Trinajstić information content (AvgIpc) is 1.61.